The quantitative estimate of drug-likeness (QED) is 0.543. The number of amides is 1. The lowest BCUT2D eigenvalue weighted by Crippen LogP contribution is -2.53. The molecule has 1 aliphatic heterocycles. The lowest BCUT2D eigenvalue weighted by molar-refractivity contribution is -0.117. The van der Waals surface area contributed by atoms with Crippen LogP contribution in [-0.2, 0) is 11.2 Å². The minimum absolute atomic E-state index is 0.0524. The molecule has 174 valence electrons. The summed E-state index contributed by atoms with van der Waals surface area (Å²) >= 11 is 12.4. The van der Waals surface area contributed by atoms with Crippen molar-refractivity contribution >= 4 is 47.8 Å². The van der Waals surface area contributed by atoms with E-state index in [4.69, 9.17) is 23.2 Å². The second kappa shape index (κ2) is 10.2. The Kier molecular flexibility index (Phi) is 7.47. The molecule has 2 unspecified atom stereocenters. The van der Waals surface area contributed by atoms with E-state index in [1.807, 2.05) is 12.9 Å². The van der Waals surface area contributed by atoms with Gasteiger partial charge in [0.1, 0.15) is 13.1 Å². The minimum atomic E-state index is -0.509. The van der Waals surface area contributed by atoms with Crippen molar-refractivity contribution in [1.82, 2.24) is 4.90 Å². The highest BCUT2D eigenvalue weighted by Crippen LogP contribution is 2.36. The van der Waals surface area contributed by atoms with E-state index in [1.54, 1.807) is 24.3 Å². The van der Waals surface area contributed by atoms with E-state index in [2.05, 4.69) is 17.1 Å². The highest BCUT2D eigenvalue weighted by molar-refractivity contribution is 6.43. The summed E-state index contributed by atoms with van der Waals surface area (Å²) in [7, 11) is 0.670. The summed E-state index contributed by atoms with van der Waals surface area (Å²) in [6.45, 7) is 4.46. The fourth-order valence-corrected chi connectivity index (χ4v) is 5.79. The van der Waals surface area contributed by atoms with Crippen LogP contribution in [0.15, 0.2) is 36.4 Å². The Hall–Kier alpha value is -1.89. The third kappa shape index (κ3) is 5.13. The van der Waals surface area contributed by atoms with Gasteiger partial charge in [-0.2, -0.15) is 0 Å². The maximum absolute atomic E-state index is 15.2. The molecule has 1 heterocycles. The van der Waals surface area contributed by atoms with E-state index in [0.717, 1.165) is 24.8 Å². The summed E-state index contributed by atoms with van der Waals surface area (Å²) < 4.78 is 15.2. The maximum Gasteiger partial charge on any atom is 0.238 e. The number of halogens is 3. The van der Waals surface area contributed by atoms with E-state index in [1.165, 1.54) is 6.07 Å². The molecule has 0 aromatic heterocycles. The van der Waals surface area contributed by atoms with Crippen molar-refractivity contribution in [3.8, 4) is 0 Å². The van der Waals surface area contributed by atoms with Crippen LogP contribution in [0.1, 0.15) is 43.2 Å². The SMILES string of the molecule is CBC1C(=N)[C@H](c2cccc(Cl)c2F)Cc2ccc(Cl)cc2NC(=O)CN1C1CC[C@@H](C)C1. The van der Waals surface area contributed by atoms with Gasteiger partial charge in [-0.05, 0) is 60.9 Å². The zero-order chi connectivity index (χ0) is 23.7. The second-order valence-electron chi connectivity index (χ2n) is 9.37. The van der Waals surface area contributed by atoms with Gasteiger partial charge < -0.3 is 10.7 Å². The van der Waals surface area contributed by atoms with Gasteiger partial charge in [0, 0.05) is 34.3 Å². The lowest BCUT2D eigenvalue weighted by Gasteiger charge is -2.39. The Bertz CT molecular complexity index is 1070. The average Bonchev–Trinajstić information content (AvgIpc) is 3.21. The number of nitrogens with zero attached hydrogens (tertiary/aromatic N) is 1. The molecule has 0 spiro atoms. The molecule has 0 bridgehead atoms. The average molecular weight is 488 g/mol. The Morgan fingerprint density at radius 1 is 1.21 bits per heavy atom. The number of anilines is 1. The molecule has 2 N–H and O–H groups in total. The molecular weight excluding hydrogens is 459 g/mol. The molecule has 2 aromatic rings. The van der Waals surface area contributed by atoms with Crippen molar-refractivity contribution in [2.75, 3.05) is 11.9 Å². The first kappa shape index (κ1) is 24.2. The van der Waals surface area contributed by atoms with Crippen LogP contribution in [0, 0.1) is 17.1 Å². The standard InChI is InChI=1S/C25H29BCl2FN3O/c1-14-6-9-17(10-14)32-13-22(33)31-21-12-16(27)8-7-15(21)11-19(24(30)25(32)26-2)18-4-3-5-20(28)23(18)29/h3-5,7-8,12,14,17,19,25-26,30H,6,9-11,13H2,1-2H3,(H,31,33)/t14-,17?,19+,25?/m1/s1. The zero-order valence-electron chi connectivity index (χ0n) is 19.0. The zero-order valence-corrected chi connectivity index (χ0v) is 20.5. The van der Waals surface area contributed by atoms with Crippen LogP contribution in [-0.4, -0.2) is 42.3 Å². The molecule has 4 rings (SSSR count). The molecule has 2 aliphatic rings. The van der Waals surface area contributed by atoms with E-state index >= 15 is 4.39 Å². The molecule has 2 aromatic carbocycles. The number of hydrogen-bond donors (Lipinski definition) is 2. The molecule has 33 heavy (non-hydrogen) atoms. The normalized spacial score (nSPS) is 26.6. The predicted molar refractivity (Wildman–Crippen MR) is 136 cm³/mol. The molecule has 0 saturated heterocycles. The maximum atomic E-state index is 15.2. The number of rotatable bonds is 3. The summed E-state index contributed by atoms with van der Waals surface area (Å²) in [4.78, 5) is 15.3. The first-order valence-corrected chi connectivity index (χ1v) is 12.4. The number of fused-ring (bicyclic) bond motifs is 1. The Labute approximate surface area is 205 Å². The Morgan fingerprint density at radius 3 is 2.70 bits per heavy atom. The molecule has 1 fully saturated rings. The fraction of sp³-hybridized carbons (Fsp3) is 0.440. The second-order valence-corrected chi connectivity index (χ2v) is 10.2. The van der Waals surface area contributed by atoms with E-state index in [-0.39, 0.29) is 29.5 Å². The lowest BCUT2D eigenvalue weighted by atomic mass is 9.64. The number of carbonyl (C=O) groups excluding carboxylic acids is 1. The first-order valence-electron chi connectivity index (χ1n) is 11.6. The predicted octanol–water partition coefficient (Wildman–Crippen LogP) is 5.73. The van der Waals surface area contributed by atoms with E-state index < -0.39 is 11.7 Å². The Morgan fingerprint density at radius 2 is 2.00 bits per heavy atom. The molecule has 0 radical (unpaired) electrons. The van der Waals surface area contributed by atoms with E-state index in [9.17, 15) is 10.2 Å². The van der Waals surface area contributed by atoms with Gasteiger partial charge in [-0.15, -0.1) is 0 Å². The van der Waals surface area contributed by atoms with Crippen LogP contribution in [0.3, 0.4) is 0 Å². The number of carbonyl (C=O) groups is 1. The molecule has 8 heteroatoms. The van der Waals surface area contributed by atoms with Crippen molar-refractivity contribution in [2.45, 2.75) is 57.3 Å². The Balaban J connectivity index is 1.83. The van der Waals surface area contributed by atoms with Crippen molar-refractivity contribution in [3.05, 3.63) is 63.4 Å². The van der Waals surface area contributed by atoms with Crippen LogP contribution >= 0.6 is 23.2 Å². The number of hydrogen-bond acceptors (Lipinski definition) is 3. The summed E-state index contributed by atoms with van der Waals surface area (Å²) in [6.07, 6.45) is 3.47. The van der Waals surface area contributed by atoms with Crippen molar-refractivity contribution < 1.29 is 9.18 Å². The third-order valence-corrected chi connectivity index (χ3v) is 7.64. The third-order valence-electron chi connectivity index (χ3n) is 7.11. The van der Waals surface area contributed by atoms with Gasteiger partial charge in [-0.3, -0.25) is 9.69 Å². The molecule has 4 atom stereocenters. The molecular formula is C25H29BCl2FN3O. The van der Waals surface area contributed by atoms with Crippen LogP contribution in [0.2, 0.25) is 16.9 Å². The van der Waals surface area contributed by atoms with Crippen LogP contribution in [0.25, 0.3) is 0 Å². The summed E-state index contributed by atoms with van der Waals surface area (Å²) in [5.41, 5.74) is 2.27. The topological polar surface area (TPSA) is 56.2 Å². The van der Waals surface area contributed by atoms with Crippen molar-refractivity contribution in [1.29, 1.82) is 5.41 Å². The monoisotopic (exact) mass is 487 g/mol. The van der Waals surface area contributed by atoms with Gasteiger partial charge in [-0.1, -0.05) is 55.1 Å². The fourth-order valence-electron chi connectivity index (χ4n) is 5.43. The molecule has 1 aliphatic carbocycles. The van der Waals surface area contributed by atoms with Crippen LogP contribution < -0.4 is 5.32 Å². The number of benzene rings is 2. The van der Waals surface area contributed by atoms with E-state index in [0.29, 0.717) is 41.6 Å². The van der Waals surface area contributed by atoms with Gasteiger partial charge in [0.15, 0.2) is 0 Å². The largest absolute Gasteiger partial charge is 0.325 e. The smallest absolute Gasteiger partial charge is 0.238 e. The van der Waals surface area contributed by atoms with Gasteiger partial charge >= 0.3 is 0 Å². The van der Waals surface area contributed by atoms with Gasteiger partial charge in [0.05, 0.1) is 11.6 Å². The molecule has 1 amide bonds. The minimum Gasteiger partial charge on any atom is -0.325 e. The number of nitrogens with one attached hydrogen (secondary N) is 2. The highest BCUT2D eigenvalue weighted by atomic mass is 35.5. The first-order chi connectivity index (χ1) is 15.8. The van der Waals surface area contributed by atoms with Crippen LogP contribution in [0.4, 0.5) is 10.1 Å². The van der Waals surface area contributed by atoms with Crippen molar-refractivity contribution in [2.24, 2.45) is 5.92 Å². The van der Waals surface area contributed by atoms with Gasteiger partial charge in [0.25, 0.3) is 0 Å². The highest BCUT2D eigenvalue weighted by Gasteiger charge is 2.38. The summed E-state index contributed by atoms with van der Waals surface area (Å²) in [5.74, 6) is -0.785. The molecule has 1 saturated carbocycles. The molecule has 4 nitrogen and oxygen atoms in total. The van der Waals surface area contributed by atoms with Crippen molar-refractivity contribution in [3.63, 3.8) is 0 Å². The van der Waals surface area contributed by atoms with Gasteiger partial charge in [0.2, 0.25) is 5.91 Å². The summed E-state index contributed by atoms with van der Waals surface area (Å²) in [6, 6.07) is 10.5. The van der Waals surface area contributed by atoms with Crippen LogP contribution in [0.5, 0.6) is 0 Å². The van der Waals surface area contributed by atoms with Gasteiger partial charge in [-0.25, -0.2) is 4.39 Å². The summed E-state index contributed by atoms with van der Waals surface area (Å²) in [5, 5.41) is 12.9.